The largest absolute Gasteiger partial charge is 0.406 e. The number of amides is 2. The Kier molecular flexibility index (Phi) is 2.76. The average molecular weight is 274 g/mol. The van der Waals surface area contributed by atoms with E-state index in [0.29, 0.717) is 0 Å². The molecule has 0 saturated heterocycles. The summed E-state index contributed by atoms with van der Waals surface area (Å²) in [5.41, 5.74) is -1.11. The molecule has 1 aliphatic rings. The lowest BCUT2D eigenvalue weighted by molar-refractivity contribution is -0.384. The molecule has 0 fully saturated rings. The van der Waals surface area contributed by atoms with E-state index in [1.807, 2.05) is 0 Å². The second kappa shape index (κ2) is 4.04. The van der Waals surface area contributed by atoms with Crippen LogP contribution in [0.5, 0.6) is 0 Å². The maximum atomic E-state index is 12.2. The second-order valence-electron chi connectivity index (χ2n) is 3.80. The minimum Gasteiger partial charge on any atom is -0.269 e. The number of fused-ring (bicyclic) bond motifs is 1. The first kappa shape index (κ1) is 13.0. The fourth-order valence-electron chi connectivity index (χ4n) is 1.72. The minimum absolute atomic E-state index is 0.0222. The topological polar surface area (TPSA) is 80.5 Å². The number of carbonyl (C=O) groups is 2. The van der Waals surface area contributed by atoms with Crippen molar-refractivity contribution < 1.29 is 27.7 Å². The zero-order chi connectivity index (χ0) is 14.4. The normalized spacial score (nSPS) is 14.8. The Morgan fingerprint density at radius 1 is 1.16 bits per heavy atom. The molecule has 0 unspecified atom stereocenters. The predicted octanol–water partition coefficient (Wildman–Crippen LogP) is 1.75. The Bertz CT molecular complexity index is 597. The number of nitrogens with zero attached hydrogens (tertiary/aromatic N) is 2. The number of carbonyl (C=O) groups excluding carboxylic acids is 2. The highest BCUT2D eigenvalue weighted by atomic mass is 19.4. The average Bonchev–Trinajstić information content (AvgIpc) is 2.52. The van der Waals surface area contributed by atoms with Crippen molar-refractivity contribution in [3.63, 3.8) is 0 Å². The molecule has 6 nitrogen and oxygen atoms in total. The number of non-ortho nitro benzene ring substituents is 1. The van der Waals surface area contributed by atoms with Gasteiger partial charge in [0.1, 0.15) is 6.54 Å². The van der Waals surface area contributed by atoms with Crippen LogP contribution in [0.15, 0.2) is 18.2 Å². The zero-order valence-electron chi connectivity index (χ0n) is 9.10. The van der Waals surface area contributed by atoms with Crippen molar-refractivity contribution in [2.75, 3.05) is 6.54 Å². The molecule has 1 aromatic rings. The van der Waals surface area contributed by atoms with Crippen LogP contribution in [-0.4, -0.2) is 34.4 Å². The van der Waals surface area contributed by atoms with E-state index in [4.69, 9.17) is 0 Å². The molecule has 9 heteroatoms. The highest BCUT2D eigenvalue weighted by Crippen LogP contribution is 2.29. The number of rotatable bonds is 2. The van der Waals surface area contributed by atoms with E-state index in [1.54, 1.807) is 0 Å². The summed E-state index contributed by atoms with van der Waals surface area (Å²) < 4.78 is 36.7. The van der Waals surface area contributed by atoms with Gasteiger partial charge in [-0.2, -0.15) is 13.2 Å². The second-order valence-corrected chi connectivity index (χ2v) is 3.80. The zero-order valence-corrected chi connectivity index (χ0v) is 9.10. The molecule has 1 heterocycles. The molecule has 2 rings (SSSR count). The third-order valence-corrected chi connectivity index (χ3v) is 2.50. The van der Waals surface area contributed by atoms with Gasteiger partial charge >= 0.3 is 6.18 Å². The molecule has 0 atom stereocenters. The van der Waals surface area contributed by atoms with Crippen LogP contribution in [0.4, 0.5) is 18.9 Å². The number of benzene rings is 1. The van der Waals surface area contributed by atoms with Crippen LogP contribution >= 0.6 is 0 Å². The number of hydrogen-bond acceptors (Lipinski definition) is 4. The monoisotopic (exact) mass is 274 g/mol. The van der Waals surface area contributed by atoms with Crippen LogP contribution in [0.1, 0.15) is 20.7 Å². The van der Waals surface area contributed by atoms with E-state index in [2.05, 4.69) is 0 Å². The maximum absolute atomic E-state index is 12.2. The van der Waals surface area contributed by atoms with Crippen LogP contribution in [-0.2, 0) is 0 Å². The van der Waals surface area contributed by atoms with E-state index in [0.717, 1.165) is 18.2 Å². The molecule has 1 aliphatic heterocycles. The molecule has 0 aromatic heterocycles. The molecule has 100 valence electrons. The molecular formula is C10H5F3N2O4. The van der Waals surface area contributed by atoms with Gasteiger partial charge in [-0.1, -0.05) is 0 Å². The third kappa shape index (κ3) is 2.26. The summed E-state index contributed by atoms with van der Waals surface area (Å²) in [6, 6.07) is 2.73. The summed E-state index contributed by atoms with van der Waals surface area (Å²) in [6.45, 7) is -1.72. The van der Waals surface area contributed by atoms with Crippen molar-refractivity contribution in [1.29, 1.82) is 0 Å². The lowest BCUT2D eigenvalue weighted by Crippen LogP contribution is -2.38. The van der Waals surface area contributed by atoms with Crippen molar-refractivity contribution in [3.05, 3.63) is 39.4 Å². The fraction of sp³-hybridized carbons (Fsp3) is 0.200. The van der Waals surface area contributed by atoms with Gasteiger partial charge in [0.15, 0.2) is 0 Å². The predicted molar refractivity (Wildman–Crippen MR) is 54.5 cm³/mol. The first-order valence-corrected chi connectivity index (χ1v) is 4.92. The maximum Gasteiger partial charge on any atom is 0.406 e. The molecule has 0 bridgehead atoms. The Morgan fingerprint density at radius 3 is 2.26 bits per heavy atom. The van der Waals surface area contributed by atoms with Crippen LogP contribution in [0.3, 0.4) is 0 Å². The SMILES string of the molecule is O=C1c2ccc([N+](=O)[O-])cc2C(=O)N1CC(F)(F)F. The first-order valence-electron chi connectivity index (χ1n) is 4.92. The van der Waals surface area contributed by atoms with Crippen molar-refractivity contribution in [2.24, 2.45) is 0 Å². The summed E-state index contributed by atoms with van der Waals surface area (Å²) in [4.78, 5) is 33.0. The highest BCUT2D eigenvalue weighted by Gasteiger charge is 2.43. The number of hydrogen-bond donors (Lipinski definition) is 0. The van der Waals surface area contributed by atoms with Gasteiger partial charge in [-0.25, -0.2) is 0 Å². The van der Waals surface area contributed by atoms with Crippen LogP contribution in [0.2, 0.25) is 0 Å². The van der Waals surface area contributed by atoms with Gasteiger partial charge < -0.3 is 0 Å². The van der Waals surface area contributed by atoms with Gasteiger partial charge in [0, 0.05) is 12.1 Å². The quantitative estimate of drug-likeness (QED) is 0.467. The molecule has 19 heavy (non-hydrogen) atoms. The Labute approximate surface area is 103 Å². The van der Waals surface area contributed by atoms with Gasteiger partial charge in [0.05, 0.1) is 16.1 Å². The summed E-state index contributed by atoms with van der Waals surface area (Å²) in [5.74, 6) is -2.28. The highest BCUT2D eigenvalue weighted by molar-refractivity contribution is 6.21. The van der Waals surface area contributed by atoms with E-state index in [-0.39, 0.29) is 16.0 Å². The van der Waals surface area contributed by atoms with E-state index >= 15 is 0 Å². The van der Waals surface area contributed by atoms with Gasteiger partial charge in [-0.05, 0) is 6.07 Å². The van der Waals surface area contributed by atoms with Crippen LogP contribution in [0.25, 0.3) is 0 Å². The number of halogens is 3. The van der Waals surface area contributed by atoms with Gasteiger partial charge in [-0.15, -0.1) is 0 Å². The number of nitro groups is 1. The number of nitro benzene ring substituents is 1. The van der Waals surface area contributed by atoms with Crippen molar-refractivity contribution in [2.45, 2.75) is 6.18 Å². The summed E-state index contributed by atoms with van der Waals surface area (Å²) in [5, 5.41) is 10.5. The van der Waals surface area contributed by atoms with Crippen molar-refractivity contribution in [1.82, 2.24) is 4.90 Å². The Morgan fingerprint density at radius 2 is 1.74 bits per heavy atom. The Hall–Kier alpha value is -2.45. The summed E-state index contributed by atoms with van der Waals surface area (Å²) >= 11 is 0. The minimum atomic E-state index is -4.72. The fourth-order valence-corrected chi connectivity index (χ4v) is 1.72. The lowest BCUT2D eigenvalue weighted by Gasteiger charge is -2.15. The molecule has 0 radical (unpaired) electrons. The van der Waals surface area contributed by atoms with Gasteiger partial charge in [-0.3, -0.25) is 24.6 Å². The first-order chi connectivity index (χ1) is 8.70. The molecule has 0 aliphatic carbocycles. The molecule has 2 amide bonds. The van der Waals surface area contributed by atoms with Crippen molar-refractivity contribution >= 4 is 17.5 Å². The molecule has 0 saturated carbocycles. The smallest absolute Gasteiger partial charge is 0.269 e. The van der Waals surface area contributed by atoms with Gasteiger partial charge in [0.25, 0.3) is 17.5 Å². The summed E-state index contributed by atoms with van der Waals surface area (Å²) in [6.07, 6.45) is -4.72. The molecule has 1 aromatic carbocycles. The van der Waals surface area contributed by atoms with E-state index in [9.17, 15) is 32.9 Å². The van der Waals surface area contributed by atoms with E-state index in [1.165, 1.54) is 0 Å². The van der Waals surface area contributed by atoms with Crippen molar-refractivity contribution in [3.8, 4) is 0 Å². The number of imide groups is 1. The van der Waals surface area contributed by atoms with E-state index < -0.39 is 35.1 Å². The molecule has 0 spiro atoms. The Balaban J connectivity index is 2.42. The van der Waals surface area contributed by atoms with Crippen LogP contribution < -0.4 is 0 Å². The lowest BCUT2D eigenvalue weighted by atomic mass is 10.1. The summed E-state index contributed by atoms with van der Waals surface area (Å²) in [7, 11) is 0. The van der Waals surface area contributed by atoms with Crippen LogP contribution in [0, 0.1) is 10.1 Å². The van der Waals surface area contributed by atoms with Gasteiger partial charge in [0.2, 0.25) is 0 Å². The molecule has 0 N–H and O–H groups in total. The third-order valence-electron chi connectivity index (χ3n) is 2.50. The number of alkyl halides is 3. The standard InChI is InChI=1S/C10H5F3N2O4/c11-10(12,13)4-14-8(16)6-2-1-5(15(18)19)3-7(6)9(14)17/h1-3H,4H2. The molecular weight excluding hydrogens is 269 g/mol.